The Balaban J connectivity index is 1.66. The zero-order valence-electron chi connectivity index (χ0n) is 15.7. The topological polar surface area (TPSA) is 51.8 Å². The average molecular weight is 408 g/mol. The predicted molar refractivity (Wildman–Crippen MR) is 120 cm³/mol. The first-order valence-corrected chi connectivity index (χ1v) is 9.96. The molecule has 6 rings (SSSR count). The number of hydrogen-bond donors (Lipinski definition) is 0. The third kappa shape index (κ3) is 2.65. The van der Waals surface area contributed by atoms with Gasteiger partial charge in [-0.2, -0.15) is 9.97 Å². The number of fused-ring (bicyclic) bond motifs is 5. The van der Waals surface area contributed by atoms with E-state index in [0.717, 1.165) is 43.8 Å². The maximum absolute atomic E-state index is 6.29. The summed E-state index contributed by atoms with van der Waals surface area (Å²) in [6.45, 7) is 0. The summed E-state index contributed by atoms with van der Waals surface area (Å²) < 4.78 is 6.27. The Hall–Kier alpha value is -3.76. The summed E-state index contributed by atoms with van der Waals surface area (Å²) in [5, 5.41) is 4.38. The van der Waals surface area contributed by atoms with Crippen molar-refractivity contribution in [3.05, 3.63) is 90.2 Å². The van der Waals surface area contributed by atoms with Gasteiger partial charge in [-0.15, -0.1) is 0 Å². The van der Waals surface area contributed by atoms with Crippen LogP contribution in [0.3, 0.4) is 0 Å². The molecule has 0 saturated heterocycles. The Morgan fingerprint density at radius 3 is 2.33 bits per heavy atom. The molecular formula is C25H14ClN3O. The van der Waals surface area contributed by atoms with Crippen LogP contribution < -0.4 is 0 Å². The molecule has 0 radical (unpaired) electrons. The highest BCUT2D eigenvalue weighted by Gasteiger charge is 2.17. The van der Waals surface area contributed by atoms with E-state index in [9.17, 15) is 0 Å². The van der Waals surface area contributed by atoms with E-state index in [1.54, 1.807) is 0 Å². The molecule has 5 heteroatoms. The molecule has 4 aromatic carbocycles. The molecule has 6 aromatic rings. The van der Waals surface area contributed by atoms with Crippen molar-refractivity contribution in [3.63, 3.8) is 0 Å². The molecule has 0 aliphatic heterocycles. The smallest absolute Gasteiger partial charge is 0.226 e. The second-order valence-corrected chi connectivity index (χ2v) is 7.40. The number of nitrogens with zero attached hydrogens (tertiary/aromatic N) is 3. The van der Waals surface area contributed by atoms with Crippen molar-refractivity contribution >= 4 is 44.3 Å². The number of hydrogen-bond acceptors (Lipinski definition) is 4. The molecule has 2 heterocycles. The van der Waals surface area contributed by atoms with Gasteiger partial charge in [0.25, 0.3) is 0 Å². The fraction of sp³-hybridized carbons (Fsp3) is 0. The van der Waals surface area contributed by atoms with Gasteiger partial charge in [-0.3, -0.25) is 0 Å². The molecular weight excluding hydrogens is 394 g/mol. The quantitative estimate of drug-likeness (QED) is 0.313. The first-order valence-electron chi connectivity index (χ1n) is 9.58. The number of rotatable bonds is 2. The monoisotopic (exact) mass is 407 g/mol. The van der Waals surface area contributed by atoms with Gasteiger partial charge in [0.2, 0.25) is 5.28 Å². The van der Waals surface area contributed by atoms with E-state index in [4.69, 9.17) is 21.0 Å². The fourth-order valence-corrected chi connectivity index (χ4v) is 4.09. The second-order valence-electron chi connectivity index (χ2n) is 7.06. The van der Waals surface area contributed by atoms with Crippen molar-refractivity contribution in [3.8, 4) is 22.8 Å². The van der Waals surface area contributed by atoms with Gasteiger partial charge >= 0.3 is 0 Å². The van der Waals surface area contributed by atoms with Crippen LogP contribution in [0.2, 0.25) is 5.28 Å². The summed E-state index contributed by atoms with van der Waals surface area (Å²) in [7, 11) is 0. The molecule has 0 fully saturated rings. The standard InChI is InChI=1S/C25H14ClN3O/c26-25-28-23(16-8-2-1-3-9-16)27-24(29-25)19-11-6-12-20-21(19)18-14-13-15-7-4-5-10-17(15)22(18)30-20/h1-14H. The highest BCUT2D eigenvalue weighted by Crippen LogP contribution is 2.38. The number of furan rings is 1. The minimum atomic E-state index is 0.161. The first-order chi connectivity index (χ1) is 14.8. The predicted octanol–water partition coefficient (Wildman–Crippen LogP) is 6.91. The van der Waals surface area contributed by atoms with Crippen LogP contribution >= 0.6 is 11.6 Å². The highest BCUT2D eigenvalue weighted by atomic mass is 35.5. The van der Waals surface area contributed by atoms with Crippen LogP contribution in [-0.2, 0) is 0 Å². The summed E-state index contributed by atoms with van der Waals surface area (Å²) in [4.78, 5) is 13.5. The minimum absolute atomic E-state index is 0.161. The molecule has 0 N–H and O–H groups in total. The molecule has 4 nitrogen and oxygen atoms in total. The van der Waals surface area contributed by atoms with Crippen LogP contribution in [0.15, 0.2) is 89.3 Å². The summed E-state index contributed by atoms with van der Waals surface area (Å²) in [5.74, 6) is 1.07. The fourth-order valence-electron chi connectivity index (χ4n) is 3.93. The molecule has 0 spiro atoms. The second kappa shape index (κ2) is 6.65. The van der Waals surface area contributed by atoms with Gasteiger partial charge in [-0.05, 0) is 29.1 Å². The Kier molecular flexibility index (Phi) is 3.79. The molecule has 0 aliphatic carbocycles. The lowest BCUT2D eigenvalue weighted by Gasteiger charge is -2.06. The summed E-state index contributed by atoms with van der Waals surface area (Å²) in [5.41, 5.74) is 3.40. The maximum atomic E-state index is 6.29. The Labute approximate surface area is 176 Å². The van der Waals surface area contributed by atoms with Crippen molar-refractivity contribution in [1.82, 2.24) is 15.0 Å². The van der Waals surface area contributed by atoms with Crippen molar-refractivity contribution < 1.29 is 4.42 Å². The lowest BCUT2D eigenvalue weighted by Crippen LogP contribution is -1.97. The van der Waals surface area contributed by atoms with Gasteiger partial charge in [0.15, 0.2) is 11.6 Å². The van der Waals surface area contributed by atoms with E-state index >= 15 is 0 Å². The van der Waals surface area contributed by atoms with Crippen LogP contribution in [0.4, 0.5) is 0 Å². The largest absolute Gasteiger partial charge is 0.455 e. The highest BCUT2D eigenvalue weighted by molar-refractivity contribution is 6.28. The van der Waals surface area contributed by atoms with Crippen LogP contribution in [-0.4, -0.2) is 15.0 Å². The van der Waals surface area contributed by atoms with Crippen LogP contribution in [0.25, 0.3) is 55.5 Å². The van der Waals surface area contributed by atoms with Gasteiger partial charge in [0.05, 0.1) is 0 Å². The first kappa shape index (κ1) is 17.1. The Morgan fingerprint density at radius 2 is 1.43 bits per heavy atom. The SMILES string of the molecule is Clc1nc(-c2ccccc2)nc(-c2cccc3oc4c5ccccc5ccc4c23)n1. The molecule has 142 valence electrons. The van der Waals surface area contributed by atoms with Gasteiger partial charge in [0, 0.05) is 27.3 Å². The third-order valence-electron chi connectivity index (χ3n) is 5.27. The van der Waals surface area contributed by atoms with Gasteiger partial charge < -0.3 is 4.42 Å². The van der Waals surface area contributed by atoms with Crippen molar-refractivity contribution in [2.75, 3.05) is 0 Å². The van der Waals surface area contributed by atoms with Gasteiger partial charge in [0.1, 0.15) is 11.2 Å². The van der Waals surface area contributed by atoms with Gasteiger partial charge in [-0.25, -0.2) is 4.98 Å². The van der Waals surface area contributed by atoms with Gasteiger partial charge in [-0.1, -0.05) is 72.8 Å². The molecule has 0 aliphatic rings. The van der Waals surface area contributed by atoms with E-state index < -0.39 is 0 Å². The number of aromatic nitrogens is 3. The number of benzene rings is 4. The van der Waals surface area contributed by atoms with E-state index in [1.165, 1.54) is 0 Å². The summed E-state index contributed by atoms with van der Waals surface area (Å²) in [6.07, 6.45) is 0. The van der Waals surface area contributed by atoms with E-state index in [-0.39, 0.29) is 5.28 Å². The summed E-state index contributed by atoms with van der Waals surface area (Å²) >= 11 is 6.29. The third-order valence-corrected chi connectivity index (χ3v) is 5.44. The lowest BCUT2D eigenvalue weighted by molar-refractivity contribution is 0.672. The molecule has 0 atom stereocenters. The maximum Gasteiger partial charge on any atom is 0.226 e. The molecule has 30 heavy (non-hydrogen) atoms. The minimum Gasteiger partial charge on any atom is -0.455 e. The van der Waals surface area contributed by atoms with Crippen molar-refractivity contribution in [2.45, 2.75) is 0 Å². The molecule has 2 aromatic heterocycles. The summed E-state index contributed by atoms with van der Waals surface area (Å²) in [6, 6.07) is 28.1. The average Bonchev–Trinajstić information content (AvgIpc) is 3.19. The van der Waals surface area contributed by atoms with Crippen LogP contribution in [0.5, 0.6) is 0 Å². The van der Waals surface area contributed by atoms with E-state index in [0.29, 0.717) is 11.6 Å². The molecule has 0 bridgehead atoms. The molecule has 0 unspecified atom stereocenters. The van der Waals surface area contributed by atoms with E-state index in [2.05, 4.69) is 34.2 Å². The zero-order valence-corrected chi connectivity index (χ0v) is 16.5. The van der Waals surface area contributed by atoms with Crippen LogP contribution in [0, 0.1) is 0 Å². The number of halogens is 1. The molecule has 0 saturated carbocycles. The van der Waals surface area contributed by atoms with Crippen molar-refractivity contribution in [2.24, 2.45) is 0 Å². The normalized spacial score (nSPS) is 11.5. The zero-order chi connectivity index (χ0) is 20.1. The Bertz CT molecular complexity index is 1560. The Morgan fingerprint density at radius 1 is 0.633 bits per heavy atom. The molecule has 0 amide bonds. The van der Waals surface area contributed by atoms with Crippen LogP contribution in [0.1, 0.15) is 0 Å². The lowest BCUT2D eigenvalue weighted by atomic mass is 10.0. The van der Waals surface area contributed by atoms with E-state index in [1.807, 2.05) is 60.7 Å². The van der Waals surface area contributed by atoms with Crippen molar-refractivity contribution in [1.29, 1.82) is 0 Å².